The van der Waals surface area contributed by atoms with E-state index in [0.717, 1.165) is 19.3 Å². The summed E-state index contributed by atoms with van der Waals surface area (Å²) in [4.78, 5) is 25.0. The molecule has 5 nitrogen and oxygen atoms in total. The predicted octanol–water partition coefficient (Wildman–Crippen LogP) is 0.716. The van der Waals surface area contributed by atoms with Gasteiger partial charge in [0.25, 0.3) is 5.91 Å². The maximum atomic E-state index is 12.2. The highest BCUT2D eigenvalue weighted by Gasteiger charge is 2.40. The molecule has 2 rings (SSSR count). The zero-order valence-electron chi connectivity index (χ0n) is 11.2. The van der Waals surface area contributed by atoms with E-state index in [1.165, 1.54) is 12.0 Å². The van der Waals surface area contributed by atoms with Crippen molar-refractivity contribution in [3.63, 3.8) is 0 Å². The average molecular weight is 266 g/mol. The molecule has 1 unspecified atom stereocenters. The van der Waals surface area contributed by atoms with E-state index in [9.17, 15) is 14.7 Å². The van der Waals surface area contributed by atoms with E-state index < -0.39 is 11.5 Å². The van der Waals surface area contributed by atoms with Gasteiger partial charge >= 0.3 is 0 Å². The number of nitrogens with zero attached hydrogens (tertiary/aromatic N) is 1. The van der Waals surface area contributed by atoms with Crippen LogP contribution in [0.1, 0.15) is 44.9 Å². The molecule has 0 aromatic carbocycles. The summed E-state index contributed by atoms with van der Waals surface area (Å²) in [5.41, 5.74) is 4.85. The van der Waals surface area contributed by atoms with Crippen molar-refractivity contribution >= 4 is 11.8 Å². The van der Waals surface area contributed by atoms with E-state index >= 15 is 0 Å². The number of carbonyl (C=O) groups excluding carboxylic acids is 2. The monoisotopic (exact) mass is 266 g/mol. The van der Waals surface area contributed by atoms with Crippen molar-refractivity contribution in [1.29, 1.82) is 0 Å². The molecular formula is C14H22N2O3. The molecule has 106 valence electrons. The van der Waals surface area contributed by atoms with E-state index in [-0.39, 0.29) is 12.5 Å². The lowest BCUT2D eigenvalue weighted by Crippen LogP contribution is -2.57. The molecule has 0 aromatic rings. The smallest absolute Gasteiger partial charge is 0.251 e. The molecule has 5 heteroatoms. The van der Waals surface area contributed by atoms with Gasteiger partial charge in [-0.25, -0.2) is 0 Å². The lowest BCUT2D eigenvalue weighted by molar-refractivity contribution is -0.148. The Morgan fingerprint density at radius 1 is 1.37 bits per heavy atom. The van der Waals surface area contributed by atoms with Crippen LogP contribution < -0.4 is 5.73 Å². The van der Waals surface area contributed by atoms with Crippen molar-refractivity contribution < 1.29 is 14.7 Å². The summed E-state index contributed by atoms with van der Waals surface area (Å²) in [6.07, 6.45) is 7.89. The molecule has 0 spiro atoms. The minimum Gasteiger partial charge on any atom is -0.378 e. The molecule has 1 aliphatic heterocycles. The number of primary amides is 1. The van der Waals surface area contributed by atoms with Crippen LogP contribution in [0.5, 0.6) is 0 Å². The Morgan fingerprint density at radius 3 is 2.79 bits per heavy atom. The third kappa shape index (κ3) is 3.35. The van der Waals surface area contributed by atoms with Crippen molar-refractivity contribution in [3.8, 4) is 0 Å². The molecule has 0 bridgehead atoms. The highest BCUT2D eigenvalue weighted by atomic mass is 16.3. The third-order valence-electron chi connectivity index (χ3n) is 4.05. The van der Waals surface area contributed by atoms with E-state index in [2.05, 4.69) is 6.08 Å². The summed E-state index contributed by atoms with van der Waals surface area (Å²) in [6, 6.07) is 0. The molecule has 3 N–H and O–H groups in total. The fourth-order valence-electron chi connectivity index (χ4n) is 2.82. The molecule has 1 fully saturated rings. The highest BCUT2D eigenvalue weighted by Crippen LogP contribution is 2.24. The number of aliphatic hydroxyl groups is 1. The number of nitrogens with two attached hydrogens (primary N) is 1. The van der Waals surface area contributed by atoms with Gasteiger partial charge in [0.15, 0.2) is 5.60 Å². The van der Waals surface area contributed by atoms with Gasteiger partial charge in [-0.3, -0.25) is 9.59 Å². The molecule has 1 saturated heterocycles. The normalized spacial score (nSPS) is 27.8. The zero-order chi connectivity index (χ0) is 13.9. The van der Waals surface area contributed by atoms with Crippen LogP contribution in [0.2, 0.25) is 0 Å². The summed E-state index contributed by atoms with van der Waals surface area (Å²) in [7, 11) is 0. The summed E-state index contributed by atoms with van der Waals surface area (Å²) >= 11 is 0. The van der Waals surface area contributed by atoms with Crippen molar-refractivity contribution in [1.82, 2.24) is 4.90 Å². The Morgan fingerprint density at radius 2 is 2.16 bits per heavy atom. The molecule has 1 aliphatic carbocycles. The Balaban J connectivity index is 1.95. The lowest BCUT2D eigenvalue weighted by atomic mass is 9.91. The van der Waals surface area contributed by atoms with Crippen LogP contribution in [-0.4, -0.2) is 40.5 Å². The molecule has 1 atom stereocenters. The second-order valence-corrected chi connectivity index (χ2v) is 5.60. The van der Waals surface area contributed by atoms with Crippen molar-refractivity contribution in [2.75, 3.05) is 13.1 Å². The summed E-state index contributed by atoms with van der Waals surface area (Å²) in [6.45, 7) is 0.635. The van der Waals surface area contributed by atoms with Gasteiger partial charge in [-0.1, -0.05) is 11.6 Å². The van der Waals surface area contributed by atoms with Gasteiger partial charge in [0, 0.05) is 13.0 Å². The quantitative estimate of drug-likeness (QED) is 0.738. The predicted molar refractivity (Wildman–Crippen MR) is 71.1 cm³/mol. The van der Waals surface area contributed by atoms with Gasteiger partial charge in [0.05, 0.1) is 6.54 Å². The molecule has 0 aromatic heterocycles. The highest BCUT2D eigenvalue weighted by molar-refractivity contribution is 5.85. The molecule has 2 amide bonds. The van der Waals surface area contributed by atoms with Crippen molar-refractivity contribution in [3.05, 3.63) is 11.6 Å². The van der Waals surface area contributed by atoms with Crippen LogP contribution in [0, 0.1) is 0 Å². The average Bonchev–Trinajstić information content (AvgIpc) is 2.40. The second-order valence-electron chi connectivity index (χ2n) is 5.60. The van der Waals surface area contributed by atoms with Crippen LogP contribution in [0.4, 0.5) is 0 Å². The van der Waals surface area contributed by atoms with Crippen LogP contribution in [-0.2, 0) is 9.59 Å². The van der Waals surface area contributed by atoms with Gasteiger partial charge in [0.1, 0.15) is 0 Å². The largest absolute Gasteiger partial charge is 0.378 e. The summed E-state index contributed by atoms with van der Waals surface area (Å²) in [5.74, 6) is -0.741. The molecule has 2 aliphatic rings. The molecule has 19 heavy (non-hydrogen) atoms. The van der Waals surface area contributed by atoms with Gasteiger partial charge in [-0.2, -0.15) is 0 Å². The fraction of sp³-hybridized carbons (Fsp3) is 0.714. The van der Waals surface area contributed by atoms with Crippen LogP contribution in [0.15, 0.2) is 11.6 Å². The van der Waals surface area contributed by atoms with Gasteiger partial charge in [-0.15, -0.1) is 0 Å². The first kappa shape index (κ1) is 14.1. The first-order valence-corrected chi connectivity index (χ1v) is 6.99. The van der Waals surface area contributed by atoms with E-state index in [0.29, 0.717) is 25.8 Å². The number of hydrogen-bond acceptors (Lipinski definition) is 3. The zero-order valence-corrected chi connectivity index (χ0v) is 11.2. The fourth-order valence-corrected chi connectivity index (χ4v) is 2.82. The number of amides is 2. The number of likely N-dealkylation sites (tertiary alicyclic amines) is 1. The van der Waals surface area contributed by atoms with Crippen molar-refractivity contribution in [2.24, 2.45) is 5.73 Å². The number of hydrogen-bond donors (Lipinski definition) is 2. The third-order valence-corrected chi connectivity index (χ3v) is 4.05. The van der Waals surface area contributed by atoms with Gasteiger partial charge < -0.3 is 15.7 Å². The Hall–Kier alpha value is -1.36. The molecule has 0 saturated carbocycles. The first-order chi connectivity index (χ1) is 9.01. The SMILES string of the molecule is NC(=O)C1(O)CCCN(C(=O)CC2=CCCCC2)C1. The first-order valence-electron chi connectivity index (χ1n) is 6.99. The minimum atomic E-state index is -1.55. The maximum Gasteiger partial charge on any atom is 0.251 e. The summed E-state index contributed by atoms with van der Waals surface area (Å²) < 4.78 is 0. The van der Waals surface area contributed by atoms with Crippen LogP contribution in [0.25, 0.3) is 0 Å². The van der Waals surface area contributed by atoms with Crippen LogP contribution in [0.3, 0.4) is 0 Å². The molecule has 0 radical (unpaired) electrons. The number of allylic oxidation sites excluding steroid dienone is 1. The standard InChI is InChI=1S/C14H22N2O3/c15-13(18)14(19)7-4-8-16(10-14)12(17)9-11-5-2-1-3-6-11/h5,19H,1-4,6-10H2,(H2,15,18). The lowest BCUT2D eigenvalue weighted by Gasteiger charge is -2.37. The topological polar surface area (TPSA) is 83.6 Å². The van der Waals surface area contributed by atoms with E-state index in [1.54, 1.807) is 4.90 Å². The Kier molecular flexibility index (Phi) is 4.24. The van der Waals surface area contributed by atoms with Crippen molar-refractivity contribution in [2.45, 2.75) is 50.5 Å². The Bertz CT molecular complexity index is 405. The van der Waals surface area contributed by atoms with Gasteiger partial charge in [0.2, 0.25) is 5.91 Å². The van der Waals surface area contributed by atoms with E-state index in [4.69, 9.17) is 5.73 Å². The summed E-state index contributed by atoms with van der Waals surface area (Å²) in [5, 5.41) is 10.1. The number of piperidine rings is 1. The number of β-amino-alcohol motifs (C(OH)–C–C–N with tert-alkyl or cyclic N) is 1. The van der Waals surface area contributed by atoms with E-state index in [1.807, 2.05) is 0 Å². The van der Waals surface area contributed by atoms with Gasteiger partial charge in [-0.05, 0) is 38.5 Å². The number of carbonyl (C=O) groups is 2. The Labute approximate surface area is 113 Å². The molecular weight excluding hydrogens is 244 g/mol. The molecule has 1 heterocycles. The second kappa shape index (κ2) is 5.74. The minimum absolute atomic E-state index is 0.00692. The van der Waals surface area contributed by atoms with Crippen LogP contribution >= 0.6 is 0 Å². The number of rotatable bonds is 3. The maximum absolute atomic E-state index is 12.2.